The maximum absolute atomic E-state index is 12.1. The zero-order valence-electron chi connectivity index (χ0n) is 13.3. The number of carbonyl (C=O) groups excluding carboxylic acids is 2. The van der Waals surface area contributed by atoms with Crippen LogP contribution in [0, 0.1) is 11.3 Å². The van der Waals surface area contributed by atoms with E-state index in [-0.39, 0.29) is 17.7 Å². The molecular weight excluding hydrogens is 242 g/mol. The summed E-state index contributed by atoms with van der Waals surface area (Å²) >= 11 is 0. The summed E-state index contributed by atoms with van der Waals surface area (Å²) in [4.78, 5) is 23.9. The molecule has 0 bridgehead atoms. The van der Waals surface area contributed by atoms with Gasteiger partial charge in [-0.2, -0.15) is 0 Å². The summed E-state index contributed by atoms with van der Waals surface area (Å²) in [6, 6.07) is -0.573. The minimum atomic E-state index is -0.573. The van der Waals surface area contributed by atoms with Crippen molar-refractivity contribution in [1.82, 2.24) is 10.6 Å². The molecule has 0 aromatic heterocycles. The smallest absolute Gasteiger partial charge is 0.242 e. The lowest BCUT2D eigenvalue weighted by Crippen LogP contribution is -2.59. The predicted molar refractivity (Wildman–Crippen MR) is 77.5 cm³/mol. The molecule has 19 heavy (non-hydrogen) atoms. The summed E-state index contributed by atoms with van der Waals surface area (Å²) in [5.74, 6) is -0.139. The lowest BCUT2D eigenvalue weighted by atomic mass is 9.88. The number of carbonyl (C=O) groups is 2. The Kier molecular flexibility index (Phi) is 6.00. The first-order valence-electron chi connectivity index (χ1n) is 6.77. The Morgan fingerprint density at radius 2 is 1.58 bits per heavy atom. The minimum Gasteiger partial charge on any atom is -0.348 e. The molecule has 0 aliphatic carbocycles. The fraction of sp³-hybridized carbons (Fsp3) is 0.857. The average Bonchev–Trinajstić information content (AvgIpc) is 2.26. The number of rotatable bonds is 5. The number of nitrogens with two attached hydrogens (primary N) is 1. The van der Waals surface area contributed by atoms with Gasteiger partial charge in [0.25, 0.3) is 0 Å². The summed E-state index contributed by atoms with van der Waals surface area (Å²) in [5.41, 5.74) is 4.75. The van der Waals surface area contributed by atoms with Gasteiger partial charge in [0.1, 0.15) is 6.04 Å². The third-order valence-electron chi connectivity index (χ3n) is 3.53. The molecule has 0 heterocycles. The number of nitrogens with one attached hydrogen (secondary N) is 2. The van der Waals surface area contributed by atoms with E-state index in [0.29, 0.717) is 6.54 Å². The van der Waals surface area contributed by atoms with Gasteiger partial charge in [0.15, 0.2) is 0 Å². The molecule has 112 valence electrons. The Morgan fingerprint density at radius 3 is 1.89 bits per heavy atom. The van der Waals surface area contributed by atoms with Gasteiger partial charge in [-0.25, -0.2) is 0 Å². The van der Waals surface area contributed by atoms with Crippen molar-refractivity contribution in [2.24, 2.45) is 17.1 Å². The molecule has 2 unspecified atom stereocenters. The van der Waals surface area contributed by atoms with Crippen molar-refractivity contribution in [3.8, 4) is 0 Å². The first kappa shape index (κ1) is 17.9. The van der Waals surface area contributed by atoms with Gasteiger partial charge in [-0.3, -0.25) is 9.59 Å². The maximum atomic E-state index is 12.1. The van der Waals surface area contributed by atoms with Crippen molar-refractivity contribution in [2.45, 2.75) is 60.0 Å². The molecule has 0 aromatic rings. The second-order valence-electron chi connectivity index (χ2n) is 6.71. The largest absolute Gasteiger partial charge is 0.348 e. The molecule has 4 N–H and O–H groups in total. The van der Waals surface area contributed by atoms with Crippen LogP contribution in [0.4, 0.5) is 0 Å². The van der Waals surface area contributed by atoms with E-state index in [0.717, 1.165) is 0 Å². The second-order valence-corrected chi connectivity index (χ2v) is 6.71. The highest BCUT2D eigenvalue weighted by Crippen LogP contribution is 2.16. The number of hydrogen-bond acceptors (Lipinski definition) is 3. The van der Waals surface area contributed by atoms with Crippen molar-refractivity contribution in [3.05, 3.63) is 0 Å². The standard InChI is InChI=1S/C14H29N3O2/c1-9(2)14(7,8-15)17-11(18)10(3)16-12(19)13(4,5)6/h9-10H,8,15H2,1-7H3,(H,16,19)(H,17,18). The third kappa shape index (κ3) is 5.19. The van der Waals surface area contributed by atoms with Crippen molar-refractivity contribution in [1.29, 1.82) is 0 Å². The normalized spacial score (nSPS) is 16.7. The molecule has 0 aliphatic rings. The number of hydrogen-bond donors (Lipinski definition) is 3. The van der Waals surface area contributed by atoms with E-state index in [4.69, 9.17) is 5.73 Å². The molecule has 0 spiro atoms. The van der Waals surface area contributed by atoms with Crippen LogP contribution in [-0.4, -0.2) is 29.9 Å². The molecule has 5 nitrogen and oxygen atoms in total. The van der Waals surface area contributed by atoms with Crippen LogP contribution >= 0.6 is 0 Å². The summed E-state index contributed by atoms with van der Waals surface area (Å²) in [7, 11) is 0. The van der Waals surface area contributed by atoms with Crippen molar-refractivity contribution >= 4 is 11.8 Å². The van der Waals surface area contributed by atoms with Crippen LogP contribution in [-0.2, 0) is 9.59 Å². The fourth-order valence-electron chi connectivity index (χ4n) is 1.30. The third-order valence-corrected chi connectivity index (χ3v) is 3.53. The molecule has 0 saturated carbocycles. The van der Waals surface area contributed by atoms with E-state index in [1.807, 2.05) is 41.5 Å². The van der Waals surface area contributed by atoms with Crippen LogP contribution in [0.15, 0.2) is 0 Å². The minimum absolute atomic E-state index is 0.144. The molecule has 2 atom stereocenters. The van der Waals surface area contributed by atoms with E-state index in [1.165, 1.54) is 0 Å². The quantitative estimate of drug-likeness (QED) is 0.698. The van der Waals surface area contributed by atoms with Crippen LogP contribution in [0.2, 0.25) is 0 Å². The Labute approximate surface area is 116 Å². The van der Waals surface area contributed by atoms with Crippen LogP contribution in [0.25, 0.3) is 0 Å². The molecule has 2 amide bonds. The van der Waals surface area contributed by atoms with E-state index in [1.54, 1.807) is 6.92 Å². The predicted octanol–water partition coefficient (Wildman–Crippen LogP) is 1.03. The summed E-state index contributed by atoms with van der Waals surface area (Å²) < 4.78 is 0. The fourth-order valence-corrected chi connectivity index (χ4v) is 1.30. The zero-order valence-corrected chi connectivity index (χ0v) is 13.3. The Balaban J connectivity index is 4.64. The van der Waals surface area contributed by atoms with Crippen LogP contribution < -0.4 is 16.4 Å². The van der Waals surface area contributed by atoms with Gasteiger partial charge in [0, 0.05) is 12.0 Å². The molecular formula is C14H29N3O2. The number of amides is 2. The molecule has 0 rings (SSSR count). The molecule has 0 aliphatic heterocycles. The first-order chi connectivity index (χ1) is 8.44. The van der Waals surface area contributed by atoms with Gasteiger partial charge in [0.05, 0.1) is 5.54 Å². The second kappa shape index (κ2) is 6.37. The van der Waals surface area contributed by atoms with Gasteiger partial charge in [-0.1, -0.05) is 34.6 Å². The van der Waals surface area contributed by atoms with E-state index >= 15 is 0 Å². The molecule has 0 saturated heterocycles. The van der Waals surface area contributed by atoms with Crippen molar-refractivity contribution in [3.63, 3.8) is 0 Å². The lowest BCUT2D eigenvalue weighted by Gasteiger charge is -2.35. The van der Waals surface area contributed by atoms with Crippen molar-refractivity contribution < 1.29 is 9.59 Å². The highest BCUT2D eigenvalue weighted by atomic mass is 16.2. The van der Waals surface area contributed by atoms with E-state index in [2.05, 4.69) is 10.6 Å². The van der Waals surface area contributed by atoms with Crippen LogP contribution in [0.3, 0.4) is 0 Å². The zero-order chi connectivity index (χ0) is 15.4. The monoisotopic (exact) mass is 271 g/mol. The average molecular weight is 271 g/mol. The first-order valence-corrected chi connectivity index (χ1v) is 6.77. The van der Waals surface area contributed by atoms with Gasteiger partial charge in [0.2, 0.25) is 11.8 Å². The van der Waals surface area contributed by atoms with E-state index < -0.39 is 17.0 Å². The van der Waals surface area contributed by atoms with Gasteiger partial charge >= 0.3 is 0 Å². The Bertz CT molecular complexity index is 334. The highest BCUT2D eigenvalue weighted by Gasteiger charge is 2.31. The Morgan fingerprint density at radius 1 is 1.11 bits per heavy atom. The van der Waals surface area contributed by atoms with Crippen LogP contribution in [0.1, 0.15) is 48.5 Å². The van der Waals surface area contributed by atoms with E-state index in [9.17, 15) is 9.59 Å². The van der Waals surface area contributed by atoms with Gasteiger partial charge in [-0.05, 0) is 19.8 Å². The lowest BCUT2D eigenvalue weighted by molar-refractivity contribution is -0.133. The highest BCUT2D eigenvalue weighted by molar-refractivity contribution is 5.89. The summed E-state index contributed by atoms with van der Waals surface area (Å²) in [6.45, 7) is 13.4. The summed E-state index contributed by atoms with van der Waals surface area (Å²) in [6.07, 6.45) is 0. The van der Waals surface area contributed by atoms with Gasteiger partial charge in [-0.15, -0.1) is 0 Å². The van der Waals surface area contributed by atoms with Gasteiger partial charge < -0.3 is 16.4 Å². The maximum Gasteiger partial charge on any atom is 0.242 e. The molecule has 0 radical (unpaired) electrons. The topological polar surface area (TPSA) is 84.2 Å². The van der Waals surface area contributed by atoms with Crippen molar-refractivity contribution in [2.75, 3.05) is 6.54 Å². The SMILES string of the molecule is CC(NC(=O)C(C)(C)C)C(=O)NC(C)(CN)C(C)C. The molecule has 5 heteroatoms. The Hall–Kier alpha value is -1.10. The van der Waals surface area contributed by atoms with Crippen LogP contribution in [0.5, 0.6) is 0 Å². The summed E-state index contributed by atoms with van der Waals surface area (Å²) in [5, 5.41) is 5.63. The molecule has 0 fully saturated rings. The molecule has 0 aromatic carbocycles.